The van der Waals surface area contributed by atoms with Crippen LogP contribution in [0.5, 0.6) is 6.01 Å². The second-order valence-corrected chi connectivity index (χ2v) is 14.1. The van der Waals surface area contributed by atoms with Crippen LogP contribution in [0.4, 0.5) is 24.0 Å². The van der Waals surface area contributed by atoms with E-state index in [0.717, 1.165) is 30.7 Å². The smallest absolute Gasteiger partial charge is 0.319 e. The Kier molecular flexibility index (Phi) is 9.04. The molecule has 262 valence electrons. The van der Waals surface area contributed by atoms with Crippen molar-refractivity contribution in [3.8, 4) is 23.3 Å². The summed E-state index contributed by atoms with van der Waals surface area (Å²) in [5, 5.41) is 10.4. The van der Waals surface area contributed by atoms with Gasteiger partial charge in [0, 0.05) is 50.3 Å². The molecule has 1 amide bonds. The number of methoxy groups -OCH3 is 1. The van der Waals surface area contributed by atoms with Crippen molar-refractivity contribution < 1.29 is 27.4 Å². The molecule has 0 aliphatic carbocycles. The Morgan fingerprint density at radius 1 is 1.32 bits per heavy atom. The number of rotatable bonds is 10. The van der Waals surface area contributed by atoms with E-state index < -0.39 is 23.3 Å². The highest BCUT2D eigenvalue weighted by atomic mass is 32.1. The van der Waals surface area contributed by atoms with Gasteiger partial charge in [-0.2, -0.15) is 15.2 Å². The largest absolute Gasteiger partial charge is 0.461 e. The zero-order valence-corrected chi connectivity index (χ0v) is 28.6. The lowest BCUT2D eigenvalue weighted by Crippen LogP contribution is -2.49. The number of carbonyl (C=O) groups is 1. The zero-order valence-electron chi connectivity index (χ0n) is 27.8. The molecule has 11 nitrogen and oxygen atoms in total. The quantitative estimate of drug-likeness (QED) is 0.219. The molecule has 0 radical (unpaired) electrons. The number of likely N-dealkylation sites (tertiary alicyclic amines) is 1. The van der Waals surface area contributed by atoms with E-state index in [4.69, 9.17) is 20.2 Å². The van der Waals surface area contributed by atoms with Crippen molar-refractivity contribution in [2.45, 2.75) is 56.4 Å². The lowest BCUT2D eigenvalue weighted by molar-refractivity contribution is -0.127. The molecular weight excluding hydrogens is 669 g/mol. The van der Waals surface area contributed by atoms with Gasteiger partial charge in [0.2, 0.25) is 5.91 Å². The van der Waals surface area contributed by atoms with Gasteiger partial charge in [-0.15, -0.1) is 11.3 Å². The van der Waals surface area contributed by atoms with Gasteiger partial charge in [0.25, 0.3) is 0 Å². The molecular formula is C35H37F3N8O3S. The van der Waals surface area contributed by atoms with Crippen LogP contribution in [0.2, 0.25) is 0 Å². The minimum atomic E-state index is -0.966. The number of hydrogen-bond acceptors (Lipinski definition) is 11. The molecule has 3 aliphatic rings. The first-order valence-corrected chi connectivity index (χ1v) is 17.4. The number of hydrogen-bond donors (Lipinski definition) is 1. The highest BCUT2D eigenvalue weighted by Gasteiger charge is 2.49. The molecule has 4 atom stereocenters. The van der Waals surface area contributed by atoms with E-state index in [-0.39, 0.29) is 74.6 Å². The van der Waals surface area contributed by atoms with Crippen LogP contribution >= 0.6 is 11.3 Å². The van der Waals surface area contributed by atoms with Crippen LogP contribution in [0.3, 0.4) is 0 Å². The van der Waals surface area contributed by atoms with Crippen LogP contribution in [0, 0.1) is 23.0 Å². The Bertz CT molecular complexity index is 2040. The molecule has 15 heteroatoms. The Morgan fingerprint density at radius 3 is 2.88 bits per heavy atom. The van der Waals surface area contributed by atoms with Gasteiger partial charge in [-0.25, -0.2) is 13.2 Å². The van der Waals surface area contributed by atoms with Crippen LogP contribution in [-0.4, -0.2) is 101 Å². The van der Waals surface area contributed by atoms with Gasteiger partial charge < -0.3 is 25.0 Å². The summed E-state index contributed by atoms with van der Waals surface area (Å²) in [6.07, 6.45) is 4.36. The Labute approximate surface area is 291 Å². The fourth-order valence-corrected chi connectivity index (χ4v) is 9.09. The normalized spacial score (nSPS) is 23.4. The minimum Gasteiger partial charge on any atom is -0.461 e. The number of nitrogens with zero attached hydrogens (tertiary/aromatic N) is 7. The number of pyridine rings is 1. The van der Waals surface area contributed by atoms with Crippen LogP contribution in [0.1, 0.15) is 38.2 Å². The third-order valence-corrected chi connectivity index (χ3v) is 11.4. The molecule has 7 rings (SSSR count). The van der Waals surface area contributed by atoms with E-state index >= 15 is 4.39 Å². The van der Waals surface area contributed by atoms with Gasteiger partial charge in [-0.1, -0.05) is 6.58 Å². The minimum absolute atomic E-state index is 0.0394. The molecule has 4 aromatic rings. The van der Waals surface area contributed by atoms with E-state index in [1.807, 2.05) is 17.9 Å². The summed E-state index contributed by atoms with van der Waals surface area (Å²) in [4.78, 5) is 32.5. The molecule has 2 N–H and O–H groups in total. The molecule has 6 heterocycles. The lowest BCUT2D eigenvalue weighted by atomic mass is 9.95. The predicted molar refractivity (Wildman–Crippen MR) is 185 cm³/mol. The van der Waals surface area contributed by atoms with Crippen molar-refractivity contribution in [1.82, 2.24) is 24.8 Å². The summed E-state index contributed by atoms with van der Waals surface area (Å²) < 4.78 is 58.4. The number of likely N-dealkylation sites (N-methyl/N-ethyl adjacent to an activating group) is 1. The number of ether oxygens (including phenoxy) is 2. The predicted octanol–water partition coefficient (Wildman–Crippen LogP) is 5.22. The average Bonchev–Trinajstić information content (AvgIpc) is 3.86. The number of amides is 1. The van der Waals surface area contributed by atoms with E-state index in [2.05, 4.69) is 21.4 Å². The van der Waals surface area contributed by atoms with Gasteiger partial charge in [0.15, 0.2) is 5.82 Å². The van der Waals surface area contributed by atoms with Crippen molar-refractivity contribution in [2.75, 3.05) is 57.1 Å². The highest BCUT2D eigenvalue weighted by Crippen LogP contribution is 2.44. The van der Waals surface area contributed by atoms with Crippen LogP contribution in [0.15, 0.2) is 31.0 Å². The van der Waals surface area contributed by atoms with E-state index in [0.29, 0.717) is 43.7 Å². The molecule has 4 unspecified atom stereocenters. The van der Waals surface area contributed by atoms with Gasteiger partial charge in [-0.05, 0) is 50.9 Å². The summed E-state index contributed by atoms with van der Waals surface area (Å²) in [7, 11) is 1.57. The second-order valence-electron chi connectivity index (χ2n) is 13.0. The van der Waals surface area contributed by atoms with E-state index in [1.54, 1.807) is 12.0 Å². The first-order valence-electron chi connectivity index (χ1n) is 16.6. The maximum Gasteiger partial charge on any atom is 0.319 e. The third kappa shape index (κ3) is 5.50. The molecule has 0 bridgehead atoms. The number of anilines is 2. The number of aromatic nitrogens is 3. The molecule has 1 aromatic carbocycles. The molecule has 50 heavy (non-hydrogen) atoms. The number of halogens is 3. The van der Waals surface area contributed by atoms with Crippen LogP contribution in [-0.2, 0) is 9.53 Å². The molecule has 3 aromatic heterocycles. The molecule has 3 saturated heterocycles. The third-order valence-electron chi connectivity index (χ3n) is 10.4. The van der Waals surface area contributed by atoms with Crippen LogP contribution in [0.25, 0.3) is 32.2 Å². The number of carbonyl (C=O) groups excluding carboxylic acids is 1. The number of alkyl halides is 1. The van der Waals surface area contributed by atoms with Gasteiger partial charge >= 0.3 is 6.01 Å². The van der Waals surface area contributed by atoms with Crippen LogP contribution < -0.4 is 15.4 Å². The molecule has 0 spiro atoms. The fraction of sp³-hybridized carbons (Fsp3) is 0.457. The number of nitrogen functional groups attached to an aromatic ring is 1. The number of nitriles is 1. The average molecular weight is 707 g/mol. The zero-order chi connectivity index (χ0) is 35.3. The Morgan fingerprint density at radius 2 is 2.14 bits per heavy atom. The van der Waals surface area contributed by atoms with E-state index in [9.17, 15) is 18.8 Å². The molecule has 3 aliphatic heterocycles. The van der Waals surface area contributed by atoms with Crippen molar-refractivity contribution in [3.05, 3.63) is 48.2 Å². The van der Waals surface area contributed by atoms with Crippen molar-refractivity contribution >= 4 is 49.1 Å². The summed E-state index contributed by atoms with van der Waals surface area (Å²) in [5.41, 5.74) is 5.55. The number of thiophene rings is 1. The maximum atomic E-state index is 17.0. The van der Waals surface area contributed by atoms with Crippen molar-refractivity contribution in [2.24, 2.45) is 0 Å². The second kappa shape index (κ2) is 13.3. The van der Waals surface area contributed by atoms with Gasteiger partial charge in [0.05, 0.1) is 39.9 Å². The highest BCUT2D eigenvalue weighted by molar-refractivity contribution is 7.23. The molecule has 3 fully saturated rings. The van der Waals surface area contributed by atoms with Crippen molar-refractivity contribution in [1.29, 1.82) is 5.26 Å². The lowest BCUT2D eigenvalue weighted by Gasteiger charge is -2.35. The Balaban J connectivity index is 1.38. The van der Waals surface area contributed by atoms with E-state index in [1.165, 1.54) is 24.4 Å². The SMILES string of the molecule is C=CC(=O)N1CCC(N(CC)c2nc(OCC34CCCN3CC(F)C4)nc3c(F)c(-c4ccc(F)c5sc(N)c(C#N)c45)ncc23)C1COC. The topological polar surface area (TPSA) is 134 Å². The summed E-state index contributed by atoms with van der Waals surface area (Å²) >= 11 is 0.910. The standard InChI is InChI=1S/C35H37F3N8O3S/c1-4-26(47)46-12-9-24(25(46)17-48-3)45(5-2)33-22-15-41-29(20-7-8-23(37)31-27(20)21(14-39)32(40)50-31)28(38)30(22)42-34(43-33)49-18-35-10-6-11-44(35)16-19(36)13-35/h4,7-8,15,19,24-25H,1,5-6,9-13,16-18,40H2,2-3H3. The first kappa shape index (κ1) is 34.0. The first-order chi connectivity index (χ1) is 24.1. The summed E-state index contributed by atoms with van der Waals surface area (Å²) in [5.74, 6) is -1.28. The Hall–Kier alpha value is -4.52. The summed E-state index contributed by atoms with van der Waals surface area (Å²) in [6.45, 7) is 7.95. The number of benzene rings is 1. The van der Waals surface area contributed by atoms with Crippen molar-refractivity contribution in [3.63, 3.8) is 0 Å². The fourth-order valence-electron chi connectivity index (χ4n) is 8.14. The molecule has 0 saturated carbocycles. The number of nitrogens with two attached hydrogens (primary N) is 1. The summed E-state index contributed by atoms with van der Waals surface area (Å²) in [6, 6.07) is 3.87. The van der Waals surface area contributed by atoms with Gasteiger partial charge in [-0.3, -0.25) is 14.7 Å². The monoisotopic (exact) mass is 706 g/mol. The maximum absolute atomic E-state index is 17.0. The van der Waals surface area contributed by atoms with Gasteiger partial charge in [0.1, 0.15) is 46.7 Å². The number of fused-ring (bicyclic) bond motifs is 3.